The second-order valence-electron chi connectivity index (χ2n) is 5.30. The highest BCUT2D eigenvalue weighted by atomic mass is 15.1. The number of hydrogen-bond acceptors (Lipinski definition) is 2. The van der Waals surface area contributed by atoms with Gasteiger partial charge in [-0.05, 0) is 24.3 Å². The summed E-state index contributed by atoms with van der Waals surface area (Å²) in [7, 11) is 0. The average molecular weight is 265 g/mol. The number of imidazole rings is 1. The maximum atomic E-state index is 6.21. The molecule has 0 saturated heterocycles. The standard InChI is InChI=1S/C17H19N3/c1-3-11-20-15(4-2)19-16(17(20)18)14-9-7-13(8-10-14)12-5-6-12/h1,7-10,12H,4-6,11,18H2,2H3. The van der Waals surface area contributed by atoms with Crippen molar-refractivity contribution < 1.29 is 0 Å². The molecule has 3 heteroatoms. The maximum absolute atomic E-state index is 6.21. The van der Waals surface area contributed by atoms with Crippen LogP contribution >= 0.6 is 0 Å². The summed E-state index contributed by atoms with van der Waals surface area (Å²) in [6.07, 6.45) is 8.87. The third-order valence-corrected chi connectivity index (χ3v) is 3.88. The minimum absolute atomic E-state index is 0.474. The molecule has 1 fully saturated rings. The summed E-state index contributed by atoms with van der Waals surface area (Å²) in [5, 5.41) is 0. The lowest BCUT2D eigenvalue weighted by Crippen LogP contribution is -2.05. The largest absolute Gasteiger partial charge is 0.383 e. The van der Waals surface area contributed by atoms with Crippen molar-refractivity contribution in [2.75, 3.05) is 5.73 Å². The summed E-state index contributed by atoms with van der Waals surface area (Å²) < 4.78 is 1.92. The van der Waals surface area contributed by atoms with Crippen LogP contribution in [0.5, 0.6) is 0 Å². The van der Waals surface area contributed by atoms with Gasteiger partial charge in [-0.2, -0.15) is 0 Å². The first-order chi connectivity index (χ1) is 9.74. The molecule has 1 heterocycles. The Morgan fingerprint density at radius 3 is 2.60 bits per heavy atom. The maximum Gasteiger partial charge on any atom is 0.132 e. The highest BCUT2D eigenvalue weighted by Crippen LogP contribution is 2.40. The molecule has 102 valence electrons. The van der Waals surface area contributed by atoms with Gasteiger partial charge in [0.2, 0.25) is 0 Å². The van der Waals surface area contributed by atoms with E-state index in [-0.39, 0.29) is 0 Å². The second kappa shape index (κ2) is 5.05. The first-order valence-corrected chi connectivity index (χ1v) is 7.13. The van der Waals surface area contributed by atoms with Crippen LogP contribution in [-0.4, -0.2) is 9.55 Å². The van der Waals surface area contributed by atoms with E-state index in [9.17, 15) is 0 Å². The predicted molar refractivity (Wildman–Crippen MR) is 82.3 cm³/mol. The van der Waals surface area contributed by atoms with E-state index in [0.29, 0.717) is 12.4 Å². The minimum Gasteiger partial charge on any atom is -0.383 e. The van der Waals surface area contributed by atoms with Gasteiger partial charge in [0, 0.05) is 12.0 Å². The minimum atomic E-state index is 0.474. The number of nitrogens with two attached hydrogens (primary N) is 1. The molecule has 1 saturated carbocycles. The van der Waals surface area contributed by atoms with Gasteiger partial charge in [0.15, 0.2) is 0 Å². The van der Waals surface area contributed by atoms with Gasteiger partial charge in [0.05, 0.1) is 6.54 Å². The Morgan fingerprint density at radius 1 is 1.35 bits per heavy atom. The number of anilines is 1. The molecule has 1 aromatic heterocycles. The number of nitrogen functional groups attached to an aromatic ring is 1. The molecular weight excluding hydrogens is 246 g/mol. The third kappa shape index (κ3) is 2.18. The molecule has 0 aliphatic heterocycles. The van der Waals surface area contributed by atoms with Crippen molar-refractivity contribution in [3.63, 3.8) is 0 Å². The van der Waals surface area contributed by atoms with Crippen LogP contribution in [0.2, 0.25) is 0 Å². The molecule has 1 aliphatic rings. The van der Waals surface area contributed by atoms with Gasteiger partial charge in [-0.1, -0.05) is 37.1 Å². The van der Waals surface area contributed by atoms with Crippen LogP contribution in [0.3, 0.4) is 0 Å². The molecule has 20 heavy (non-hydrogen) atoms. The number of aryl methyl sites for hydroxylation is 1. The van der Waals surface area contributed by atoms with Gasteiger partial charge >= 0.3 is 0 Å². The van der Waals surface area contributed by atoms with Crippen LogP contribution in [0.1, 0.15) is 37.1 Å². The third-order valence-electron chi connectivity index (χ3n) is 3.88. The van der Waals surface area contributed by atoms with E-state index in [1.165, 1.54) is 18.4 Å². The second-order valence-corrected chi connectivity index (χ2v) is 5.30. The lowest BCUT2D eigenvalue weighted by Gasteiger charge is -2.04. The first kappa shape index (κ1) is 12.8. The zero-order chi connectivity index (χ0) is 14.1. The van der Waals surface area contributed by atoms with E-state index in [0.717, 1.165) is 29.4 Å². The van der Waals surface area contributed by atoms with Crippen molar-refractivity contribution in [2.24, 2.45) is 0 Å². The topological polar surface area (TPSA) is 43.8 Å². The fourth-order valence-electron chi connectivity index (χ4n) is 2.59. The van der Waals surface area contributed by atoms with Crippen LogP contribution in [-0.2, 0) is 13.0 Å². The fourth-order valence-corrected chi connectivity index (χ4v) is 2.59. The average Bonchev–Trinajstić information content (AvgIpc) is 3.27. The monoisotopic (exact) mass is 265 g/mol. The van der Waals surface area contributed by atoms with Crippen LogP contribution in [0.25, 0.3) is 11.3 Å². The molecule has 1 aromatic carbocycles. The van der Waals surface area contributed by atoms with Crippen molar-refractivity contribution in [3.05, 3.63) is 35.7 Å². The SMILES string of the molecule is C#CCn1c(CC)nc(-c2ccc(C3CC3)cc2)c1N. The van der Waals surface area contributed by atoms with E-state index >= 15 is 0 Å². The number of nitrogens with zero attached hydrogens (tertiary/aromatic N) is 2. The molecule has 0 unspecified atom stereocenters. The normalized spacial score (nSPS) is 14.2. The van der Waals surface area contributed by atoms with Gasteiger partial charge in [-0.3, -0.25) is 0 Å². The Labute approximate surface area is 119 Å². The lowest BCUT2D eigenvalue weighted by atomic mass is 10.1. The van der Waals surface area contributed by atoms with Crippen molar-refractivity contribution in [1.82, 2.24) is 9.55 Å². The highest BCUT2D eigenvalue weighted by Gasteiger charge is 2.23. The molecule has 0 amide bonds. The molecule has 2 N–H and O–H groups in total. The van der Waals surface area contributed by atoms with E-state index in [4.69, 9.17) is 12.2 Å². The summed E-state index contributed by atoms with van der Waals surface area (Å²) >= 11 is 0. The van der Waals surface area contributed by atoms with Crippen molar-refractivity contribution in [3.8, 4) is 23.6 Å². The summed E-state index contributed by atoms with van der Waals surface area (Å²) in [5.41, 5.74) is 9.55. The first-order valence-electron chi connectivity index (χ1n) is 7.13. The van der Waals surface area contributed by atoms with E-state index < -0.39 is 0 Å². The van der Waals surface area contributed by atoms with Crippen LogP contribution in [0.15, 0.2) is 24.3 Å². The Balaban J connectivity index is 1.98. The molecule has 3 nitrogen and oxygen atoms in total. The molecule has 0 bridgehead atoms. The molecule has 2 aromatic rings. The highest BCUT2D eigenvalue weighted by molar-refractivity contribution is 5.71. The Morgan fingerprint density at radius 2 is 2.05 bits per heavy atom. The number of rotatable bonds is 4. The Hall–Kier alpha value is -2.21. The number of aromatic nitrogens is 2. The van der Waals surface area contributed by atoms with Gasteiger partial charge < -0.3 is 10.3 Å². The van der Waals surface area contributed by atoms with E-state index in [1.807, 2.05) is 4.57 Å². The predicted octanol–water partition coefficient (Wildman–Crippen LogP) is 3.21. The smallest absolute Gasteiger partial charge is 0.132 e. The van der Waals surface area contributed by atoms with E-state index in [1.54, 1.807) is 0 Å². The number of hydrogen-bond donors (Lipinski definition) is 1. The number of terminal acetylenes is 1. The Kier molecular flexibility index (Phi) is 3.23. The molecule has 1 aliphatic carbocycles. The molecule has 0 radical (unpaired) electrons. The summed E-state index contributed by atoms with van der Waals surface area (Å²) in [6, 6.07) is 8.62. The van der Waals surface area contributed by atoms with Crippen molar-refractivity contribution in [2.45, 2.75) is 38.6 Å². The van der Waals surface area contributed by atoms with E-state index in [2.05, 4.69) is 42.1 Å². The zero-order valence-electron chi connectivity index (χ0n) is 11.8. The van der Waals surface area contributed by atoms with Crippen LogP contribution in [0, 0.1) is 12.3 Å². The summed E-state index contributed by atoms with van der Waals surface area (Å²) in [4.78, 5) is 4.65. The zero-order valence-corrected chi connectivity index (χ0v) is 11.8. The van der Waals surface area contributed by atoms with Gasteiger partial charge in [0.25, 0.3) is 0 Å². The molecule has 0 atom stereocenters. The van der Waals surface area contributed by atoms with Gasteiger partial charge in [-0.15, -0.1) is 6.42 Å². The fraction of sp³-hybridized carbons (Fsp3) is 0.353. The molecule has 0 spiro atoms. The van der Waals surface area contributed by atoms with Gasteiger partial charge in [0.1, 0.15) is 17.3 Å². The Bertz CT molecular complexity index is 655. The lowest BCUT2D eigenvalue weighted by molar-refractivity contribution is 0.769. The van der Waals surface area contributed by atoms with Gasteiger partial charge in [-0.25, -0.2) is 4.98 Å². The molecule has 3 rings (SSSR count). The number of benzene rings is 1. The van der Waals surface area contributed by atoms with Crippen LogP contribution < -0.4 is 5.73 Å². The van der Waals surface area contributed by atoms with Crippen molar-refractivity contribution >= 4 is 5.82 Å². The van der Waals surface area contributed by atoms with Crippen molar-refractivity contribution in [1.29, 1.82) is 0 Å². The summed E-state index contributed by atoms with van der Waals surface area (Å²) in [6.45, 7) is 2.54. The summed E-state index contributed by atoms with van der Waals surface area (Å²) in [5.74, 6) is 5.02. The molecular formula is C17H19N3. The quantitative estimate of drug-likeness (QED) is 0.863. The van der Waals surface area contributed by atoms with Crippen LogP contribution in [0.4, 0.5) is 5.82 Å².